The molecule has 4 nitrogen and oxygen atoms in total. The van der Waals surface area contributed by atoms with Crippen molar-refractivity contribution in [3.8, 4) is 0 Å². The van der Waals surface area contributed by atoms with E-state index >= 15 is 0 Å². The fraction of sp³-hybridized carbons (Fsp3) is 0.833. The molecule has 10 heavy (non-hydrogen) atoms. The van der Waals surface area contributed by atoms with Crippen molar-refractivity contribution in [1.29, 1.82) is 0 Å². The molecule has 1 aliphatic heterocycles. The van der Waals surface area contributed by atoms with Crippen molar-refractivity contribution in [2.75, 3.05) is 13.2 Å². The van der Waals surface area contributed by atoms with Crippen LogP contribution in [0.15, 0.2) is 0 Å². The highest BCUT2D eigenvalue weighted by Crippen LogP contribution is 2.03. The number of amides is 1. The summed E-state index contributed by atoms with van der Waals surface area (Å²) >= 11 is 0. The Kier molecular flexibility index (Phi) is 2.50. The largest absolute Gasteiger partial charge is 0.447 e. The fourth-order valence-electron chi connectivity index (χ4n) is 0.919. The first-order chi connectivity index (χ1) is 4.83. The lowest BCUT2D eigenvalue weighted by atomic mass is 10.2. The van der Waals surface area contributed by atoms with Gasteiger partial charge in [0.25, 0.3) is 0 Å². The van der Waals surface area contributed by atoms with Gasteiger partial charge in [-0.05, 0) is 12.8 Å². The second-order valence-electron chi connectivity index (χ2n) is 2.31. The molecule has 0 aromatic rings. The van der Waals surface area contributed by atoms with E-state index in [-0.39, 0.29) is 18.7 Å². The lowest BCUT2D eigenvalue weighted by Crippen LogP contribution is -2.26. The zero-order valence-corrected chi connectivity index (χ0v) is 5.67. The first-order valence-electron chi connectivity index (χ1n) is 3.37. The Bertz CT molecular complexity index is 126. The number of hydrogen-bond acceptors (Lipinski definition) is 3. The van der Waals surface area contributed by atoms with Crippen molar-refractivity contribution in [3.63, 3.8) is 0 Å². The normalized spacial score (nSPS) is 24.1. The summed E-state index contributed by atoms with van der Waals surface area (Å²) < 4.78 is 4.63. The van der Waals surface area contributed by atoms with Gasteiger partial charge in [-0.2, -0.15) is 0 Å². The second-order valence-corrected chi connectivity index (χ2v) is 2.31. The first-order valence-corrected chi connectivity index (χ1v) is 3.37. The monoisotopic (exact) mass is 145 g/mol. The van der Waals surface area contributed by atoms with Gasteiger partial charge >= 0.3 is 6.09 Å². The topological polar surface area (TPSA) is 58.6 Å². The maximum Gasteiger partial charge on any atom is 0.407 e. The first kappa shape index (κ1) is 7.34. The van der Waals surface area contributed by atoms with Gasteiger partial charge in [-0.1, -0.05) is 0 Å². The summed E-state index contributed by atoms with van der Waals surface area (Å²) in [5.41, 5.74) is 0. The highest BCUT2D eigenvalue weighted by atomic mass is 16.6. The van der Waals surface area contributed by atoms with Crippen LogP contribution in [0.25, 0.3) is 0 Å². The van der Waals surface area contributed by atoms with Crippen molar-refractivity contribution in [2.45, 2.75) is 18.9 Å². The molecule has 0 saturated carbocycles. The molecule has 1 amide bonds. The highest BCUT2D eigenvalue weighted by molar-refractivity contribution is 5.69. The second kappa shape index (κ2) is 3.41. The third-order valence-electron chi connectivity index (χ3n) is 1.45. The minimum atomic E-state index is -0.345. The average molecular weight is 145 g/mol. The number of aliphatic hydroxyl groups is 1. The molecule has 1 heterocycles. The molecule has 1 unspecified atom stereocenters. The maximum absolute atomic E-state index is 10.4. The summed E-state index contributed by atoms with van der Waals surface area (Å²) in [5.74, 6) is 0. The number of rotatable bonds is 3. The van der Waals surface area contributed by atoms with Crippen LogP contribution in [0, 0.1) is 0 Å². The van der Waals surface area contributed by atoms with E-state index in [2.05, 4.69) is 10.1 Å². The Morgan fingerprint density at radius 1 is 1.80 bits per heavy atom. The van der Waals surface area contributed by atoms with E-state index in [1.54, 1.807) is 0 Å². The number of nitrogens with one attached hydrogen (secondary N) is 1. The van der Waals surface area contributed by atoms with Gasteiger partial charge < -0.3 is 15.2 Å². The van der Waals surface area contributed by atoms with E-state index in [4.69, 9.17) is 5.11 Å². The molecule has 0 spiro atoms. The lowest BCUT2D eigenvalue weighted by Gasteiger charge is -2.03. The van der Waals surface area contributed by atoms with E-state index < -0.39 is 0 Å². The standard InChI is InChI=1S/C6H11NO3/c8-3-1-2-5-4-10-6(9)7-5/h5,8H,1-4H2,(H,7,9). The van der Waals surface area contributed by atoms with Crippen LogP contribution >= 0.6 is 0 Å². The van der Waals surface area contributed by atoms with Crippen molar-refractivity contribution in [2.24, 2.45) is 0 Å². The van der Waals surface area contributed by atoms with E-state index in [9.17, 15) is 4.79 Å². The van der Waals surface area contributed by atoms with Crippen LogP contribution in [0.4, 0.5) is 4.79 Å². The molecule has 0 aliphatic carbocycles. The summed E-state index contributed by atoms with van der Waals surface area (Å²) in [6.45, 7) is 0.616. The van der Waals surface area contributed by atoms with Gasteiger partial charge in [0.1, 0.15) is 6.61 Å². The Morgan fingerprint density at radius 2 is 2.60 bits per heavy atom. The Morgan fingerprint density at radius 3 is 3.10 bits per heavy atom. The van der Waals surface area contributed by atoms with Crippen LogP contribution in [0.2, 0.25) is 0 Å². The molecule has 1 atom stereocenters. The van der Waals surface area contributed by atoms with E-state index in [1.807, 2.05) is 0 Å². The van der Waals surface area contributed by atoms with Crippen LogP contribution in [0.3, 0.4) is 0 Å². The predicted octanol–water partition coefficient (Wildman–Crippen LogP) is -0.133. The highest BCUT2D eigenvalue weighted by Gasteiger charge is 2.20. The molecule has 1 aliphatic rings. The lowest BCUT2D eigenvalue weighted by molar-refractivity contribution is 0.176. The van der Waals surface area contributed by atoms with Crippen molar-refractivity contribution in [1.82, 2.24) is 5.32 Å². The Hall–Kier alpha value is -0.770. The predicted molar refractivity (Wildman–Crippen MR) is 34.6 cm³/mol. The molecular weight excluding hydrogens is 134 g/mol. The molecule has 0 aromatic heterocycles. The Balaban J connectivity index is 2.12. The zero-order chi connectivity index (χ0) is 7.40. The van der Waals surface area contributed by atoms with Gasteiger partial charge in [-0.15, -0.1) is 0 Å². The Labute approximate surface area is 59.2 Å². The van der Waals surface area contributed by atoms with Gasteiger partial charge in [-0.3, -0.25) is 0 Å². The molecule has 1 rings (SSSR count). The van der Waals surface area contributed by atoms with Crippen molar-refractivity contribution in [3.05, 3.63) is 0 Å². The summed E-state index contributed by atoms with van der Waals surface area (Å²) in [4.78, 5) is 10.4. The number of aliphatic hydroxyl groups excluding tert-OH is 1. The summed E-state index contributed by atoms with van der Waals surface area (Å²) in [6.07, 6.45) is 1.17. The molecule has 58 valence electrons. The number of carbonyl (C=O) groups excluding carboxylic acids is 1. The van der Waals surface area contributed by atoms with Crippen LogP contribution in [0.1, 0.15) is 12.8 Å². The number of cyclic esters (lactones) is 1. The summed E-state index contributed by atoms with van der Waals surface area (Å²) in [5, 5.41) is 11.1. The molecule has 1 saturated heterocycles. The fourth-order valence-corrected chi connectivity index (χ4v) is 0.919. The van der Waals surface area contributed by atoms with Crippen LogP contribution in [-0.2, 0) is 4.74 Å². The minimum absolute atomic E-state index is 0.111. The quantitative estimate of drug-likeness (QED) is 0.581. The molecule has 1 fully saturated rings. The van der Waals surface area contributed by atoms with Gasteiger partial charge in [0.2, 0.25) is 0 Å². The summed E-state index contributed by atoms with van der Waals surface area (Å²) in [6, 6.07) is 0.111. The zero-order valence-electron chi connectivity index (χ0n) is 5.67. The minimum Gasteiger partial charge on any atom is -0.447 e. The van der Waals surface area contributed by atoms with Crippen LogP contribution < -0.4 is 5.32 Å². The number of hydrogen-bond donors (Lipinski definition) is 2. The molecule has 0 aromatic carbocycles. The maximum atomic E-state index is 10.4. The smallest absolute Gasteiger partial charge is 0.407 e. The number of ether oxygens (including phenoxy) is 1. The van der Waals surface area contributed by atoms with Crippen LogP contribution in [0.5, 0.6) is 0 Å². The molecule has 4 heteroatoms. The molecular formula is C6H11NO3. The third-order valence-corrected chi connectivity index (χ3v) is 1.45. The van der Waals surface area contributed by atoms with Crippen molar-refractivity contribution >= 4 is 6.09 Å². The van der Waals surface area contributed by atoms with E-state index in [0.29, 0.717) is 13.0 Å². The van der Waals surface area contributed by atoms with Gasteiger partial charge in [0.15, 0.2) is 0 Å². The number of carbonyl (C=O) groups is 1. The van der Waals surface area contributed by atoms with Crippen LogP contribution in [-0.4, -0.2) is 30.5 Å². The van der Waals surface area contributed by atoms with Gasteiger partial charge in [0, 0.05) is 6.61 Å². The van der Waals surface area contributed by atoms with Crippen molar-refractivity contribution < 1.29 is 14.6 Å². The SMILES string of the molecule is O=C1NC(CCCO)CO1. The average Bonchev–Trinajstić information content (AvgIpc) is 2.31. The molecule has 0 radical (unpaired) electrons. The molecule has 2 N–H and O–H groups in total. The number of alkyl carbamates (subject to hydrolysis) is 1. The van der Waals surface area contributed by atoms with Gasteiger partial charge in [0.05, 0.1) is 6.04 Å². The summed E-state index contributed by atoms with van der Waals surface area (Å²) in [7, 11) is 0. The third kappa shape index (κ3) is 1.88. The van der Waals surface area contributed by atoms with E-state index in [0.717, 1.165) is 6.42 Å². The van der Waals surface area contributed by atoms with E-state index in [1.165, 1.54) is 0 Å². The molecule has 0 bridgehead atoms. The van der Waals surface area contributed by atoms with Gasteiger partial charge in [-0.25, -0.2) is 4.79 Å².